The fourth-order valence-electron chi connectivity index (χ4n) is 2.53. The Hall–Kier alpha value is -1.58. The lowest BCUT2D eigenvalue weighted by Crippen LogP contribution is -2.34. The molecule has 2 heterocycles. The average molecular weight is 319 g/mol. The van der Waals surface area contributed by atoms with Crippen molar-refractivity contribution in [1.29, 1.82) is 5.26 Å². The number of nitrogens with zero attached hydrogens (tertiary/aromatic N) is 3. The number of hydrogen-bond acceptors (Lipinski definition) is 5. The van der Waals surface area contributed by atoms with E-state index in [4.69, 9.17) is 0 Å². The van der Waals surface area contributed by atoms with Crippen LogP contribution < -0.4 is 0 Å². The van der Waals surface area contributed by atoms with E-state index in [2.05, 4.69) is 11.1 Å². The number of carbonyl (C=O) groups excluding carboxylic acids is 1. The van der Waals surface area contributed by atoms with Crippen LogP contribution in [0.2, 0.25) is 0 Å². The Bertz CT molecular complexity index is 650. The second-order valence-electron chi connectivity index (χ2n) is 6.09. The second kappa shape index (κ2) is 6.27. The van der Waals surface area contributed by atoms with Crippen molar-refractivity contribution in [3.63, 3.8) is 0 Å². The number of aromatic nitrogens is 1. The summed E-state index contributed by atoms with van der Waals surface area (Å²) in [5, 5.41) is 19.9. The number of hydrogen-bond donors (Lipinski definition) is 1. The van der Waals surface area contributed by atoms with Crippen LogP contribution in [0.4, 0.5) is 0 Å². The van der Waals surface area contributed by atoms with Crippen molar-refractivity contribution in [1.82, 2.24) is 9.88 Å². The van der Waals surface area contributed by atoms with Crippen molar-refractivity contribution in [2.24, 2.45) is 0 Å². The van der Waals surface area contributed by atoms with Gasteiger partial charge in [0.15, 0.2) is 0 Å². The van der Waals surface area contributed by atoms with E-state index in [1.807, 2.05) is 20.8 Å². The highest BCUT2D eigenvalue weighted by molar-refractivity contribution is 8.00. The summed E-state index contributed by atoms with van der Waals surface area (Å²) in [4.78, 5) is 18.4. The number of rotatable bonds is 3. The van der Waals surface area contributed by atoms with E-state index >= 15 is 0 Å². The summed E-state index contributed by atoms with van der Waals surface area (Å²) in [6.45, 7) is 8.47. The maximum atomic E-state index is 12.2. The van der Waals surface area contributed by atoms with E-state index in [0.717, 1.165) is 16.8 Å². The molecule has 1 unspecified atom stereocenters. The second-order valence-corrected chi connectivity index (χ2v) is 7.05. The van der Waals surface area contributed by atoms with Gasteiger partial charge in [-0.05, 0) is 45.2 Å². The van der Waals surface area contributed by atoms with Crippen molar-refractivity contribution in [2.75, 3.05) is 18.8 Å². The molecule has 1 aromatic heterocycles. The topological polar surface area (TPSA) is 77.2 Å². The molecule has 1 amide bonds. The maximum Gasteiger partial charge on any atom is 0.233 e. The van der Waals surface area contributed by atoms with Gasteiger partial charge in [-0.25, -0.2) is 4.98 Å². The molecule has 6 heteroatoms. The van der Waals surface area contributed by atoms with Crippen LogP contribution in [-0.2, 0) is 4.79 Å². The lowest BCUT2D eigenvalue weighted by molar-refractivity contribution is -0.128. The maximum absolute atomic E-state index is 12.2. The molecule has 1 saturated heterocycles. The summed E-state index contributed by atoms with van der Waals surface area (Å²) in [6.07, 6.45) is 0.605. The molecule has 0 aliphatic carbocycles. The molecule has 1 aromatic rings. The Morgan fingerprint density at radius 2 is 2.14 bits per heavy atom. The third kappa shape index (κ3) is 3.42. The number of β-amino-alcohol motifs (C(OH)–C–C–N with tert-alkyl or cyclic N) is 1. The van der Waals surface area contributed by atoms with Gasteiger partial charge >= 0.3 is 0 Å². The quantitative estimate of drug-likeness (QED) is 0.862. The van der Waals surface area contributed by atoms with E-state index in [1.165, 1.54) is 11.8 Å². The highest BCUT2D eigenvalue weighted by atomic mass is 32.2. The molecule has 0 bridgehead atoms. The van der Waals surface area contributed by atoms with Crippen molar-refractivity contribution in [3.8, 4) is 6.07 Å². The van der Waals surface area contributed by atoms with Gasteiger partial charge in [-0.3, -0.25) is 4.79 Å². The molecule has 118 valence electrons. The Kier molecular flexibility index (Phi) is 4.78. The van der Waals surface area contributed by atoms with Crippen molar-refractivity contribution in [2.45, 2.75) is 44.7 Å². The van der Waals surface area contributed by atoms with E-state index in [-0.39, 0.29) is 11.7 Å². The molecule has 0 radical (unpaired) electrons. The summed E-state index contributed by atoms with van der Waals surface area (Å²) >= 11 is 1.30. The van der Waals surface area contributed by atoms with Crippen LogP contribution in [0.15, 0.2) is 5.03 Å². The van der Waals surface area contributed by atoms with Gasteiger partial charge in [-0.2, -0.15) is 5.26 Å². The molecule has 1 N–H and O–H groups in total. The Balaban J connectivity index is 2.09. The van der Waals surface area contributed by atoms with Gasteiger partial charge in [0, 0.05) is 18.8 Å². The van der Waals surface area contributed by atoms with Crippen molar-refractivity contribution in [3.05, 3.63) is 22.4 Å². The first kappa shape index (κ1) is 16.8. The molecule has 0 saturated carbocycles. The van der Waals surface area contributed by atoms with Gasteiger partial charge in [0.2, 0.25) is 5.91 Å². The van der Waals surface area contributed by atoms with Gasteiger partial charge in [-0.15, -0.1) is 0 Å². The lowest BCUT2D eigenvalue weighted by Gasteiger charge is -2.19. The minimum absolute atomic E-state index is 0.0238. The van der Waals surface area contributed by atoms with Crippen LogP contribution >= 0.6 is 11.8 Å². The van der Waals surface area contributed by atoms with Crippen LogP contribution in [0.3, 0.4) is 0 Å². The van der Waals surface area contributed by atoms with Crippen LogP contribution in [0, 0.1) is 32.1 Å². The van der Waals surface area contributed by atoms with Crippen LogP contribution in [0.25, 0.3) is 0 Å². The van der Waals surface area contributed by atoms with Gasteiger partial charge in [-0.1, -0.05) is 11.8 Å². The summed E-state index contributed by atoms with van der Waals surface area (Å²) in [5.74, 6) is 0.212. The van der Waals surface area contributed by atoms with Crippen LogP contribution in [0.1, 0.15) is 35.7 Å². The third-order valence-corrected chi connectivity index (χ3v) is 5.17. The number of likely N-dealkylation sites (tertiary alicyclic amines) is 1. The molecular formula is C16H21N3O2S. The Labute approximate surface area is 135 Å². The zero-order chi connectivity index (χ0) is 16.5. The summed E-state index contributed by atoms with van der Waals surface area (Å²) < 4.78 is 0. The normalized spacial score (nSPS) is 21.0. The monoisotopic (exact) mass is 319 g/mol. The first-order chi connectivity index (χ1) is 10.2. The summed E-state index contributed by atoms with van der Waals surface area (Å²) in [7, 11) is 0. The van der Waals surface area contributed by atoms with E-state index in [1.54, 1.807) is 11.8 Å². The van der Waals surface area contributed by atoms with Gasteiger partial charge in [0.05, 0.1) is 16.9 Å². The third-order valence-electron chi connectivity index (χ3n) is 4.21. The molecule has 0 spiro atoms. The Morgan fingerprint density at radius 3 is 2.68 bits per heavy atom. The van der Waals surface area contributed by atoms with Crippen molar-refractivity contribution < 1.29 is 9.90 Å². The summed E-state index contributed by atoms with van der Waals surface area (Å²) in [6, 6.07) is 2.19. The summed E-state index contributed by atoms with van der Waals surface area (Å²) in [5.41, 5.74) is 2.59. The SMILES string of the molecule is Cc1nc(SCC(=O)N2CCC(C)(O)C2)c(C#N)c(C)c1C. The molecular weight excluding hydrogens is 298 g/mol. The Morgan fingerprint density at radius 1 is 1.45 bits per heavy atom. The highest BCUT2D eigenvalue weighted by Gasteiger charge is 2.33. The van der Waals surface area contributed by atoms with Gasteiger partial charge in [0.1, 0.15) is 11.1 Å². The number of nitriles is 1. The van der Waals surface area contributed by atoms with E-state index in [0.29, 0.717) is 30.1 Å². The fraction of sp³-hybridized carbons (Fsp3) is 0.562. The average Bonchev–Trinajstić information content (AvgIpc) is 2.82. The number of thioether (sulfide) groups is 1. The van der Waals surface area contributed by atoms with Gasteiger partial charge in [0.25, 0.3) is 0 Å². The largest absolute Gasteiger partial charge is 0.388 e. The number of amides is 1. The van der Waals surface area contributed by atoms with Gasteiger partial charge < -0.3 is 10.0 Å². The predicted octanol–water partition coefficient (Wildman–Crippen LogP) is 1.95. The van der Waals surface area contributed by atoms with Crippen LogP contribution in [0.5, 0.6) is 0 Å². The molecule has 0 aromatic carbocycles. The van der Waals surface area contributed by atoms with Crippen molar-refractivity contribution >= 4 is 17.7 Å². The number of pyridine rings is 1. The van der Waals surface area contributed by atoms with E-state index in [9.17, 15) is 15.2 Å². The minimum atomic E-state index is -0.784. The first-order valence-electron chi connectivity index (χ1n) is 7.26. The molecule has 5 nitrogen and oxygen atoms in total. The fourth-order valence-corrected chi connectivity index (χ4v) is 3.51. The molecule has 1 atom stereocenters. The standard InChI is InChI=1S/C16H21N3O2S/c1-10-11(2)13(7-17)15(18-12(10)3)22-8-14(20)19-6-5-16(4,21)9-19/h21H,5-6,8-9H2,1-4H3. The first-order valence-corrected chi connectivity index (χ1v) is 8.24. The molecule has 2 rings (SSSR count). The molecule has 1 aliphatic heterocycles. The molecule has 1 aliphatic rings. The number of aliphatic hydroxyl groups is 1. The zero-order valence-electron chi connectivity index (χ0n) is 13.4. The predicted molar refractivity (Wildman–Crippen MR) is 85.7 cm³/mol. The highest BCUT2D eigenvalue weighted by Crippen LogP contribution is 2.27. The smallest absolute Gasteiger partial charge is 0.233 e. The number of carbonyl (C=O) groups is 1. The van der Waals surface area contributed by atoms with Crippen LogP contribution in [-0.4, -0.2) is 45.3 Å². The molecule has 22 heavy (non-hydrogen) atoms. The molecule has 1 fully saturated rings. The zero-order valence-corrected chi connectivity index (χ0v) is 14.3. The van der Waals surface area contributed by atoms with E-state index < -0.39 is 5.60 Å². The minimum Gasteiger partial charge on any atom is -0.388 e. The number of aryl methyl sites for hydroxylation is 1. The lowest BCUT2D eigenvalue weighted by atomic mass is 10.1.